The van der Waals surface area contributed by atoms with Gasteiger partial charge in [-0.2, -0.15) is 0 Å². The maximum atomic E-state index is 13.0. The Morgan fingerprint density at radius 1 is 1.08 bits per heavy atom. The number of amides is 1. The number of hydrogen-bond donors (Lipinski definition) is 2. The summed E-state index contributed by atoms with van der Waals surface area (Å²) < 4.78 is 18.9. The van der Waals surface area contributed by atoms with Crippen LogP contribution in [0.5, 0.6) is 0 Å². The number of hydrogen-bond acceptors (Lipinski definition) is 4. The summed E-state index contributed by atoms with van der Waals surface area (Å²) >= 11 is 1.57. The van der Waals surface area contributed by atoms with Gasteiger partial charge in [-0.15, -0.1) is 11.3 Å². The van der Waals surface area contributed by atoms with E-state index < -0.39 is 6.17 Å². The SMILES string of the molecule is Cc1sc2c(c1C)C(=O)N[C@@H](c1ccc(-c3ccc(F)cc3)o1)N2. The molecule has 0 saturated carbocycles. The fraction of sp³-hybridized carbons (Fsp3) is 0.167. The van der Waals surface area contributed by atoms with E-state index in [9.17, 15) is 9.18 Å². The Labute approximate surface area is 142 Å². The van der Waals surface area contributed by atoms with E-state index in [-0.39, 0.29) is 11.7 Å². The third-order valence-corrected chi connectivity index (χ3v) is 5.34. The monoisotopic (exact) mass is 342 g/mol. The van der Waals surface area contributed by atoms with E-state index in [0.717, 1.165) is 21.0 Å². The third-order valence-electron chi connectivity index (χ3n) is 4.20. The Morgan fingerprint density at radius 3 is 2.58 bits per heavy atom. The minimum Gasteiger partial charge on any atom is -0.457 e. The Kier molecular flexibility index (Phi) is 3.42. The minimum atomic E-state index is -0.420. The molecular weight excluding hydrogens is 327 g/mol. The predicted molar refractivity (Wildman–Crippen MR) is 91.7 cm³/mol. The first kappa shape index (κ1) is 15.0. The highest BCUT2D eigenvalue weighted by Gasteiger charge is 2.30. The van der Waals surface area contributed by atoms with E-state index in [1.807, 2.05) is 26.0 Å². The van der Waals surface area contributed by atoms with Crippen molar-refractivity contribution in [3.05, 3.63) is 64.0 Å². The van der Waals surface area contributed by atoms with E-state index in [1.54, 1.807) is 23.5 Å². The first-order valence-corrected chi connectivity index (χ1v) is 8.37. The van der Waals surface area contributed by atoms with E-state index >= 15 is 0 Å². The van der Waals surface area contributed by atoms with Gasteiger partial charge in [0.2, 0.25) is 0 Å². The van der Waals surface area contributed by atoms with Gasteiger partial charge >= 0.3 is 0 Å². The summed E-state index contributed by atoms with van der Waals surface area (Å²) in [7, 11) is 0. The normalized spacial score (nSPS) is 16.5. The first-order chi connectivity index (χ1) is 11.5. The maximum absolute atomic E-state index is 13.0. The summed E-state index contributed by atoms with van der Waals surface area (Å²) in [6, 6.07) is 9.74. The van der Waals surface area contributed by atoms with Gasteiger partial charge in [0.05, 0.1) is 5.56 Å². The molecule has 122 valence electrons. The zero-order valence-corrected chi connectivity index (χ0v) is 14.0. The molecule has 4 nitrogen and oxygen atoms in total. The molecule has 1 aliphatic rings. The molecule has 1 aromatic carbocycles. The fourth-order valence-corrected chi connectivity index (χ4v) is 3.88. The van der Waals surface area contributed by atoms with E-state index in [1.165, 1.54) is 12.1 Å². The van der Waals surface area contributed by atoms with Crippen LogP contribution in [-0.4, -0.2) is 5.91 Å². The smallest absolute Gasteiger partial charge is 0.256 e. The molecule has 3 aromatic rings. The molecule has 1 amide bonds. The van der Waals surface area contributed by atoms with E-state index in [0.29, 0.717) is 17.1 Å². The van der Waals surface area contributed by atoms with Crippen molar-refractivity contribution >= 4 is 22.2 Å². The first-order valence-electron chi connectivity index (χ1n) is 7.56. The molecule has 6 heteroatoms. The van der Waals surface area contributed by atoms with E-state index in [4.69, 9.17) is 4.42 Å². The Bertz CT molecular complexity index is 927. The summed E-state index contributed by atoms with van der Waals surface area (Å²) in [5.41, 5.74) is 2.50. The van der Waals surface area contributed by atoms with Crippen molar-refractivity contribution in [3.8, 4) is 11.3 Å². The number of anilines is 1. The van der Waals surface area contributed by atoms with Gasteiger partial charge < -0.3 is 15.1 Å². The minimum absolute atomic E-state index is 0.102. The van der Waals surface area contributed by atoms with Crippen LogP contribution in [0.1, 0.15) is 32.7 Å². The largest absolute Gasteiger partial charge is 0.457 e. The summed E-state index contributed by atoms with van der Waals surface area (Å²) in [6.07, 6.45) is -0.420. The molecule has 3 heterocycles. The molecule has 0 unspecified atom stereocenters. The van der Waals surface area contributed by atoms with E-state index in [2.05, 4.69) is 10.6 Å². The molecule has 0 fully saturated rings. The average Bonchev–Trinajstić information content (AvgIpc) is 3.14. The fourth-order valence-electron chi connectivity index (χ4n) is 2.79. The summed E-state index contributed by atoms with van der Waals surface area (Å²) in [5, 5.41) is 7.09. The summed E-state index contributed by atoms with van der Waals surface area (Å²) in [6.45, 7) is 3.95. The second-order valence-electron chi connectivity index (χ2n) is 5.75. The lowest BCUT2D eigenvalue weighted by atomic mass is 10.1. The molecular formula is C18H15FN2O2S. The van der Waals surface area contributed by atoms with Crippen LogP contribution < -0.4 is 10.6 Å². The van der Waals surface area contributed by atoms with Crippen LogP contribution in [0.15, 0.2) is 40.8 Å². The van der Waals surface area contributed by atoms with Crippen molar-refractivity contribution in [2.45, 2.75) is 20.0 Å². The Balaban J connectivity index is 1.64. The molecule has 0 aliphatic carbocycles. The predicted octanol–water partition coefficient (Wildman–Crippen LogP) is 4.62. The lowest BCUT2D eigenvalue weighted by Gasteiger charge is -2.24. The molecule has 0 saturated heterocycles. The van der Waals surface area contributed by atoms with Crippen LogP contribution in [0.2, 0.25) is 0 Å². The van der Waals surface area contributed by atoms with Crippen molar-refractivity contribution < 1.29 is 13.6 Å². The van der Waals surface area contributed by atoms with Crippen LogP contribution in [0.25, 0.3) is 11.3 Å². The maximum Gasteiger partial charge on any atom is 0.256 e. The standard InChI is InChI=1S/C18H15FN2O2S/c1-9-10(2)24-18-15(9)17(22)20-16(21-18)14-8-7-13(23-14)11-3-5-12(19)6-4-11/h3-8,16,21H,1-2H3,(H,20,22)/t16-/m1/s1. The van der Waals surface area contributed by atoms with Gasteiger partial charge in [-0.25, -0.2) is 4.39 Å². The lowest BCUT2D eigenvalue weighted by molar-refractivity contribution is 0.0931. The van der Waals surface area contributed by atoms with Crippen LogP contribution in [0, 0.1) is 19.7 Å². The number of aryl methyl sites for hydroxylation is 1. The van der Waals surface area contributed by atoms with Crippen molar-refractivity contribution in [2.75, 3.05) is 5.32 Å². The number of carbonyl (C=O) groups excluding carboxylic acids is 1. The third kappa shape index (κ3) is 2.39. The quantitative estimate of drug-likeness (QED) is 0.714. The summed E-state index contributed by atoms with van der Waals surface area (Å²) in [5.74, 6) is 0.848. The molecule has 0 bridgehead atoms. The zero-order chi connectivity index (χ0) is 16.8. The van der Waals surface area contributed by atoms with Gasteiger partial charge in [0, 0.05) is 10.4 Å². The topological polar surface area (TPSA) is 54.3 Å². The van der Waals surface area contributed by atoms with Crippen LogP contribution in [0.4, 0.5) is 9.39 Å². The van der Waals surface area contributed by atoms with Crippen molar-refractivity contribution in [3.63, 3.8) is 0 Å². The number of nitrogens with one attached hydrogen (secondary N) is 2. The molecule has 4 rings (SSSR count). The molecule has 0 spiro atoms. The highest BCUT2D eigenvalue weighted by Crippen LogP contribution is 2.38. The van der Waals surface area contributed by atoms with Crippen molar-refractivity contribution in [1.82, 2.24) is 5.32 Å². The molecule has 2 N–H and O–H groups in total. The highest BCUT2D eigenvalue weighted by atomic mass is 32.1. The van der Waals surface area contributed by atoms with Gasteiger partial charge in [0.1, 0.15) is 22.3 Å². The number of thiophene rings is 1. The Morgan fingerprint density at radius 2 is 1.83 bits per heavy atom. The second kappa shape index (κ2) is 5.49. The van der Waals surface area contributed by atoms with Gasteiger partial charge in [0.25, 0.3) is 5.91 Å². The van der Waals surface area contributed by atoms with Gasteiger partial charge in [-0.3, -0.25) is 4.79 Å². The van der Waals surface area contributed by atoms with Gasteiger partial charge in [-0.05, 0) is 55.8 Å². The number of furan rings is 1. The molecule has 24 heavy (non-hydrogen) atoms. The van der Waals surface area contributed by atoms with Gasteiger partial charge in [-0.1, -0.05) is 0 Å². The number of benzene rings is 1. The van der Waals surface area contributed by atoms with Crippen molar-refractivity contribution in [1.29, 1.82) is 0 Å². The van der Waals surface area contributed by atoms with Crippen LogP contribution in [0.3, 0.4) is 0 Å². The zero-order valence-electron chi connectivity index (χ0n) is 13.1. The summed E-state index contributed by atoms with van der Waals surface area (Å²) in [4.78, 5) is 13.5. The number of carbonyl (C=O) groups is 1. The average molecular weight is 342 g/mol. The molecule has 0 radical (unpaired) electrons. The number of fused-ring (bicyclic) bond motifs is 1. The van der Waals surface area contributed by atoms with Crippen molar-refractivity contribution in [2.24, 2.45) is 0 Å². The van der Waals surface area contributed by atoms with Crippen LogP contribution >= 0.6 is 11.3 Å². The number of halogens is 1. The number of rotatable bonds is 2. The lowest BCUT2D eigenvalue weighted by Crippen LogP contribution is -2.37. The van der Waals surface area contributed by atoms with Gasteiger partial charge in [0.15, 0.2) is 6.17 Å². The van der Waals surface area contributed by atoms with Crippen LogP contribution in [-0.2, 0) is 0 Å². The molecule has 1 atom stereocenters. The molecule has 1 aliphatic heterocycles. The molecule has 2 aromatic heterocycles. The Hall–Kier alpha value is -2.60. The highest BCUT2D eigenvalue weighted by molar-refractivity contribution is 7.16. The second-order valence-corrected chi connectivity index (χ2v) is 6.97.